The number of hydrogen-bond donors (Lipinski definition) is 2. The van der Waals surface area contributed by atoms with Gasteiger partial charge in [0.25, 0.3) is 0 Å². The summed E-state index contributed by atoms with van der Waals surface area (Å²) >= 11 is 0. The molecule has 66 valence electrons. The third-order valence-electron chi connectivity index (χ3n) is 1.54. The standard InChI is InChI=1S/C6H8N2O4/c1-3-2-4(5(9)10)8(7-3)6(11)12/h4H,2H2,1H3,(H,9,10)(H,11,12)/t4-/m1/s1. The van der Waals surface area contributed by atoms with E-state index >= 15 is 0 Å². The number of rotatable bonds is 1. The van der Waals surface area contributed by atoms with Gasteiger partial charge >= 0.3 is 12.1 Å². The molecule has 6 nitrogen and oxygen atoms in total. The summed E-state index contributed by atoms with van der Waals surface area (Å²) in [5.74, 6) is -1.17. The zero-order chi connectivity index (χ0) is 9.30. The van der Waals surface area contributed by atoms with E-state index in [2.05, 4.69) is 5.10 Å². The summed E-state index contributed by atoms with van der Waals surface area (Å²) in [5, 5.41) is 21.2. The van der Waals surface area contributed by atoms with Crippen molar-refractivity contribution in [1.82, 2.24) is 5.01 Å². The summed E-state index contributed by atoms with van der Waals surface area (Å²) in [6.07, 6.45) is -1.17. The van der Waals surface area contributed by atoms with Crippen LogP contribution in [0, 0.1) is 0 Å². The van der Waals surface area contributed by atoms with Gasteiger partial charge < -0.3 is 10.2 Å². The van der Waals surface area contributed by atoms with Crippen LogP contribution in [0.3, 0.4) is 0 Å². The number of carboxylic acids is 1. The molecule has 0 saturated heterocycles. The Morgan fingerprint density at radius 1 is 1.58 bits per heavy atom. The lowest BCUT2D eigenvalue weighted by atomic mass is 10.2. The molecule has 1 aliphatic heterocycles. The van der Waals surface area contributed by atoms with E-state index in [9.17, 15) is 9.59 Å². The molecule has 1 atom stereocenters. The molecule has 0 aromatic heterocycles. The average Bonchev–Trinajstić information content (AvgIpc) is 2.31. The number of hydrogen-bond acceptors (Lipinski definition) is 3. The van der Waals surface area contributed by atoms with Gasteiger partial charge in [0.2, 0.25) is 0 Å². The Morgan fingerprint density at radius 3 is 2.50 bits per heavy atom. The van der Waals surface area contributed by atoms with Crippen LogP contribution in [0.2, 0.25) is 0 Å². The second kappa shape index (κ2) is 2.80. The second-order valence-corrected chi connectivity index (χ2v) is 2.52. The first kappa shape index (κ1) is 8.51. The van der Waals surface area contributed by atoms with Crippen LogP contribution in [-0.2, 0) is 4.79 Å². The van der Waals surface area contributed by atoms with Crippen LogP contribution in [0.1, 0.15) is 13.3 Å². The number of carbonyl (C=O) groups is 2. The van der Waals surface area contributed by atoms with Crippen LogP contribution in [0.15, 0.2) is 5.10 Å². The highest BCUT2D eigenvalue weighted by molar-refractivity contribution is 5.93. The Morgan fingerprint density at radius 2 is 2.17 bits per heavy atom. The minimum absolute atomic E-state index is 0.168. The molecule has 0 spiro atoms. The summed E-state index contributed by atoms with van der Waals surface area (Å²) in [4.78, 5) is 20.9. The quantitative estimate of drug-likeness (QED) is 0.591. The van der Waals surface area contributed by atoms with Crippen molar-refractivity contribution in [2.24, 2.45) is 5.10 Å². The lowest BCUT2D eigenvalue weighted by molar-refractivity contribution is -0.141. The molecule has 0 bridgehead atoms. The molecule has 1 heterocycles. The van der Waals surface area contributed by atoms with Gasteiger partial charge in [0, 0.05) is 12.1 Å². The van der Waals surface area contributed by atoms with Gasteiger partial charge in [0.1, 0.15) is 0 Å². The monoisotopic (exact) mass is 172 g/mol. The van der Waals surface area contributed by atoms with Gasteiger partial charge in [0.15, 0.2) is 6.04 Å². The molecular weight excluding hydrogens is 164 g/mol. The Kier molecular flexibility index (Phi) is 1.99. The molecule has 0 unspecified atom stereocenters. The molecule has 2 N–H and O–H groups in total. The van der Waals surface area contributed by atoms with E-state index in [1.807, 2.05) is 0 Å². The Hall–Kier alpha value is -1.59. The first-order valence-corrected chi connectivity index (χ1v) is 3.31. The molecule has 0 aromatic rings. The van der Waals surface area contributed by atoms with Crippen molar-refractivity contribution >= 4 is 17.8 Å². The Bertz CT molecular complexity index is 260. The molecule has 0 saturated carbocycles. The third-order valence-corrected chi connectivity index (χ3v) is 1.54. The van der Waals surface area contributed by atoms with Gasteiger partial charge in [-0.3, -0.25) is 0 Å². The van der Waals surface area contributed by atoms with E-state index in [0.717, 1.165) is 0 Å². The molecule has 0 aromatic carbocycles. The molecule has 6 heteroatoms. The van der Waals surface area contributed by atoms with E-state index in [0.29, 0.717) is 10.7 Å². The first-order chi connectivity index (χ1) is 5.52. The number of amides is 1. The van der Waals surface area contributed by atoms with E-state index in [4.69, 9.17) is 10.2 Å². The van der Waals surface area contributed by atoms with Crippen LogP contribution in [0.4, 0.5) is 4.79 Å². The van der Waals surface area contributed by atoms with Gasteiger partial charge in [-0.15, -0.1) is 0 Å². The first-order valence-electron chi connectivity index (χ1n) is 3.31. The maximum atomic E-state index is 10.5. The summed E-state index contributed by atoms with van der Waals surface area (Å²) in [6.45, 7) is 1.60. The van der Waals surface area contributed by atoms with Crippen molar-refractivity contribution < 1.29 is 19.8 Å². The lowest BCUT2D eigenvalue weighted by Crippen LogP contribution is -2.37. The zero-order valence-electron chi connectivity index (χ0n) is 6.39. The summed E-state index contributed by atoms with van der Waals surface area (Å²) in [6, 6.07) is -1.05. The predicted octanol–water partition coefficient (Wildman–Crippen LogP) is 0.199. The topological polar surface area (TPSA) is 90.2 Å². The van der Waals surface area contributed by atoms with Gasteiger partial charge in [0.05, 0.1) is 0 Å². The summed E-state index contributed by atoms with van der Waals surface area (Å²) < 4.78 is 0. The van der Waals surface area contributed by atoms with E-state index in [-0.39, 0.29) is 6.42 Å². The van der Waals surface area contributed by atoms with Gasteiger partial charge in [-0.2, -0.15) is 10.1 Å². The fourth-order valence-electron chi connectivity index (χ4n) is 1.03. The van der Waals surface area contributed by atoms with Crippen LogP contribution in [0.25, 0.3) is 0 Å². The van der Waals surface area contributed by atoms with E-state index in [1.165, 1.54) is 0 Å². The van der Waals surface area contributed by atoms with Crippen molar-refractivity contribution in [3.8, 4) is 0 Å². The molecule has 1 amide bonds. The summed E-state index contributed by atoms with van der Waals surface area (Å²) in [7, 11) is 0. The SMILES string of the molecule is CC1=NN(C(=O)O)[C@@H](C(=O)O)C1. The van der Waals surface area contributed by atoms with Crippen LogP contribution < -0.4 is 0 Å². The van der Waals surface area contributed by atoms with Crippen LogP contribution >= 0.6 is 0 Å². The molecule has 1 rings (SSSR count). The molecular formula is C6H8N2O4. The largest absolute Gasteiger partial charge is 0.480 e. The number of hydrazone groups is 1. The minimum atomic E-state index is -1.33. The van der Waals surface area contributed by atoms with Crippen molar-refractivity contribution in [3.63, 3.8) is 0 Å². The molecule has 0 radical (unpaired) electrons. The number of carboxylic acid groups (broad SMARTS) is 2. The smallest absolute Gasteiger partial charge is 0.428 e. The molecule has 0 aliphatic carbocycles. The molecule has 0 fully saturated rings. The fourth-order valence-corrected chi connectivity index (χ4v) is 1.03. The number of aliphatic carboxylic acids is 1. The zero-order valence-corrected chi connectivity index (χ0v) is 6.39. The maximum absolute atomic E-state index is 10.5. The highest BCUT2D eigenvalue weighted by Gasteiger charge is 2.34. The normalized spacial score (nSPS) is 22.2. The third kappa shape index (κ3) is 1.36. The predicted molar refractivity (Wildman–Crippen MR) is 39.0 cm³/mol. The maximum Gasteiger partial charge on any atom is 0.428 e. The van der Waals surface area contributed by atoms with E-state index in [1.54, 1.807) is 6.92 Å². The van der Waals surface area contributed by atoms with Gasteiger partial charge in [-0.1, -0.05) is 0 Å². The average molecular weight is 172 g/mol. The van der Waals surface area contributed by atoms with Gasteiger partial charge in [-0.05, 0) is 6.92 Å². The minimum Gasteiger partial charge on any atom is -0.480 e. The Labute approximate surface area is 68.1 Å². The van der Waals surface area contributed by atoms with Crippen LogP contribution in [0.5, 0.6) is 0 Å². The van der Waals surface area contributed by atoms with Crippen molar-refractivity contribution in [3.05, 3.63) is 0 Å². The second-order valence-electron chi connectivity index (χ2n) is 2.52. The van der Waals surface area contributed by atoms with Crippen molar-refractivity contribution in [2.45, 2.75) is 19.4 Å². The number of nitrogens with zero attached hydrogens (tertiary/aromatic N) is 2. The Balaban J connectivity index is 2.81. The van der Waals surface area contributed by atoms with E-state index < -0.39 is 18.1 Å². The molecule has 1 aliphatic rings. The van der Waals surface area contributed by atoms with Crippen LogP contribution in [-0.4, -0.2) is 39.0 Å². The molecule has 12 heavy (non-hydrogen) atoms. The highest BCUT2D eigenvalue weighted by Crippen LogP contribution is 2.15. The van der Waals surface area contributed by atoms with Crippen molar-refractivity contribution in [1.29, 1.82) is 0 Å². The van der Waals surface area contributed by atoms with Gasteiger partial charge in [-0.25, -0.2) is 9.59 Å². The lowest BCUT2D eigenvalue weighted by Gasteiger charge is -2.13. The summed E-state index contributed by atoms with van der Waals surface area (Å²) in [5.41, 5.74) is 0.518. The van der Waals surface area contributed by atoms with Crippen molar-refractivity contribution in [2.75, 3.05) is 0 Å². The highest BCUT2D eigenvalue weighted by atomic mass is 16.4. The fraction of sp³-hybridized carbons (Fsp3) is 0.500.